The van der Waals surface area contributed by atoms with Crippen molar-refractivity contribution in [2.45, 2.75) is 145 Å². The van der Waals surface area contributed by atoms with Crippen LogP contribution < -0.4 is 0 Å². The van der Waals surface area contributed by atoms with Gasteiger partial charge >= 0.3 is 11.9 Å². The monoisotopic (exact) mass is 685 g/mol. The second kappa shape index (κ2) is 13.0. The van der Waals surface area contributed by atoms with Gasteiger partial charge in [-0.05, 0) is 104 Å². The molecule has 1 aromatic carbocycles. The number of hydrogen-bond donors (Lipinski definition) is 0. The highest BCUT2D eigenvalue weighted by Crippen LogP contribution is 2.77. The number of carbonyl (C=O) groups is 2. The molecule has 1 aromatic rings. The van der Waals surface area contributed by atoms with Crippen LogP contribution in [0.2, 0.25) is 0 Å². The summed E-state index contributed by atoms with van der Waals surface area (Å²) in [4.78, 5) is 22.9. The highest BCUT2D eigenvalue weighted by molar-refractivity contribution is 5.81. The lowest BCUT2D eigenvalue weighted by molar-refractivity contribution is -0.137. The molecule has 0 amide bonds. The van der Waals surface area contributed by atoms with Crippen molar-refractivity contribution >= 4 is 11.9 Å². The molecule has 0 aliphatic heterocycles. The summed E-state index contributed by atoms with van der Waals surface area (Å²) < 4.78 is 10.3. The van der Waals surface area contributed by atoms with Crippen LogP contribution in [0, 0.1) is 32.5 Å². The first-order valence-electron chi connectivity index (χ1n) is 18.8. The number of ether oxygens (including phenoxy) is 2. The fourth-order valence-corrected chi connectivity index (χ4v) is 9.43. The van der Waals surface area contributed by atoms with E-state index in [-0.39, 0.29) is 61.9 Å². The summed E-state index contributed by atoms with van der Waals surface area (Å²) in [6.07, 6.45) is 17.8. The minimum Gasteiger partial charge on any atom is -0.458 e. The number of hydrogen-bond acceptors (Lipinski definition) is 4. The van der Waals surface area contributed by atoms with E-state index in [2.05, 4.69) is 134 Å². The van der Waals surface area contributed by atoms with Gasteiger partial charge in [0, 0.05) is 12.2 Å². The second-order valence-electron chi connectivity index (χ2n) is 20.2. The van der Waals surface area contributed by atoms with Crippen LogP contribution in [-0.2, 0) is 35.3 Å². The average molecular weight is 685 g/mol. The zero-order valence-electron chi connectivity index (χ0n) is 33.9. The number of esters is 2. The molecule has 0 N–H and O–H groups in total. The van der Waals surface area contributed by atoms with Crippen molar-refractivity contribution in [1.29, 1.82) is 0 Å². The Morgan fingerprint density at radius 3 is 1.82 bits per heavy atom. The van der Waals surface area contributed by atoms with E-state index in [4.69, 9.17) is 9.47 Å². The summed E-state index contributed by atoms with van der Waals surface area (Å²) >= 11 is 0. The van der Waals surface area contributed by atoms with Gasteiger partial charge in [0.25, 0.3) is 0 Å². The zero-order chi connectivity index (χ0) is 37.8. The van der Waals surface area contributed by atoms with Crippen molar-refractivity contribution in [2.24, 2.45) is 32.5 Å². The molecule has 0 radical (unpaired) electrons. The summed E-state index contributed by atoms with van der Waals surface area (Å²) in [6, 6.07) is 7.61. The van der Waals surface area contributed by atoms with Gasteiger partial charge in [-0.25, -0.2) is 9.59 Å². The Labute approximate surface area is 305 Å². The molecule has 3 saturated carbocycles. The van der Waals surface area contributed by atoms with Crippen molar-refractivity contribution in [3.8, 4) is 0 Å². The molecule has 6 atom stereocenters. The number of benzene rings is 1. The van der Waals surface area contributed by atoms with Crippen molar-refractivity contribution in [3.63, 3.8) is 0 Å². The fraction of sp³-hybridized carbons (Fsp3) is 0.652. The summed E-state index contributed by atoms with van der Waals surface area (Å²) in [5, 5.41) is 0. The molecule has 3 fully saturated rings. The Bertz CT molecular complexity index is 1570. The lowest BCUT2D eigenvalue weighted by Crippen LogP contribution is -2.39. The standard InChI is InChI=1S/C46H68O4/c1-16-36(47)49-23-19-18-21-41(10)30-44(41,13)31-45(14)32-46(45,15)35-26-33(38(3,4)5)25-34(27-35)40(8,9)39(6,7)28-43(12)29-42(43,11)22-20-24-50-37(48)17-2/h16-20,22,25-27H,1-2,21,23-24,28-32H2,3-15H3. The molecule has 6 unspecified atom stereocenters. The lowest BCUT2D eigenvalue weighted by atomic mass is 9.59. The smallest absolute Gasteiger partial charge is 0.330 e. The van der Waals surface area contributed by atoms with Gasteiger partial charge in [-0.2, -0.15) is 0 Å². The normalized spacial score (nSPS) is 33.7. The minimum atomic E-state index is -0.381. The topological polar surface area (TPSA) is 52.6 Å². The molecule has 50 heavy (non-hydrogen) atoms. The molecule has 3 aliphatic rings. The van der Waals surface area contributed by atoms with E-state index in [1.54, 1.807) is 0 Å². The third-order valence-corrected chi connectivity index (χ3v) is 14.7. The van der Waals surface area contributed by atoms with Gasteiger partial charge in [0.1, 0.15) is 13.2 Å². The Morgan fingerprint density at radius 2 is 1.26 bits per heavy atom. The first kappa shape index (κ1) is 39.9. The van der Waals surface area contributed by atoms with Crippen LogP contribution in [0.5, 0.6) is 0 Å². The maximum Gasteiger partial charge on any atom is 0.330 e. The average Bonchev–Trinajstić information content (AvgIpc) is 3.89. The largest absolute Gasteiger partial charge is 0.458 e. The number of allylic oxidation sites excluding steroid dienone is 2. The van der Waals surface area contributed by atoms with Gasteiger partial charge in [0.2, 0.25) is 0 Å². The Morgan fingerprint density at radius 1 is 0.700 bits per heavy atom. The molecule has 3 aliphatic carbocycles. The molecule has 4 rings (SSSR count). The summed E-state index contributed by atoms with van der Waals surface area (Å²) in [5.41, 5.74) is 5.58. The van der Waals surface area contributed by atoms with Crippen LogP contribution >= 0.6 is 0 Å². The molecule has 0 aromatic heterocycles. The molecular formula is C46H68O4. The van der Waals surface area contributed by atoms with E-state index in [9.17, 15) is 9.59 Å². The Hall–Kier alpha value is -2.88. The fourth-order valence-electron chi connectivity index (χ4n) is 9.43. The van der Waals surface area contributed by atoms with Crippen molar-refractivity contribution in [3.05, 3.63) is 84.5 Å². The first-order chi connectivity index (χ1) is 22.8. The van der Waals surface area contributed by atoms with Crippen molar-refractivity contribution in [1.82, 2.24) is 0 Å². The zero-order valence-corrected chi connectivity index (χ0v) is 33.9. The quantitative estimate of drug-likeness (QED) is 0.0988. The molecule has 0 saturated heterocycles. The summed E-state index contributed by atoms with van der Waals surface area (Å²) in [7, 11) is 0. The van der Waals surface area contributed by atoms with Gasteiger partial charge in [0.15, 0.2) is 0 Å². The molecular weight excluding hydrogens is 617 g/mol. The molecule has 0 heterocycles. The highest BCUT2D eigenvalue weighted by Gasteiger charge is 2.70. The Kier molecular flexibility index (Phi) is 10.3. The second-order valence-corrected chi connectivity index (χ2v) is 20.2. The van der Waals surface area contributed by atoms with E-state index in [1.165, 1.54) is 48.1 Å². The van der Waals surface area contributed by atoms with Crippen LogP contribution in [0.3, 0.4) is 0 Å². The van der Waals surface area contributed by atoms with Gasteiger partial charge in [-0.1, -0.05) is 146 Å². The molecule has 0 bridgehead atoms. The van der Waals surface area contributed by atoms with Gasteiger partial charge in [0.05, 0.1) is 0 Å². The SMILES string of the molecule is C=CC(=O)OCC=CCC1(C)CC1(C)CC1(C)CC1(C)c1cc(C(C)(C)C)cc(C(C)(C)C(C)(C)CC2(C)CC2(C)C=CCOC(=O)C=C)c1. The van der Waals surface area contributed by atoms with E-state index < -0.39 is 0 Å². The van der Waals surface area contributed by atoms with E-state index in [1.807, 2.05) is 12.2 Å². The van der Waals surface area contributed by atoms with Gasteiger partial charge in [-0.15, -0.1) is 0 Å². The minimum absolute atomic E-state index is 0.0328. The predicted octanol–water partition coefficient (Wildman–Crippen LogP) is 11.5. The molecule has 4 heteroatoms. The Balaban J connectivity index is 1.54. The summed E-state index contributed by atoms with van der Waals surface area (Å²) in [6.45, 7) is 39.2. The van der Waals surface area contributed by atoms with Crippen LogP contribution in [-0.4, -0.2) is 25.2 Å². The van der Waals surface area contributed by atoms with E-state index >= 15 is 0 Å². The molecule has 276 valence electrons. The third kappa shape index (κ3) is 7.51. The van der Waals surface area contributed by atoms with Gasteiger partial charge < -0.3 is 9.47 Å². The maximum atomic E-state index is 11.5. The maximum absolute atomic E-state index is 11.5. The van der Waals surface area contributed by atoms with Crippen LogP contribution in [0.15, 0.2) is 67.8 Å². The number of rotatable bonds is 16. The van der Waals surface area contributed by atoms with Crippen LogP contribution in [0.1, 0.15) is 145 Å². The van der Waals surface area contributed by atoms with Gasteiger partial charge in [-0.3, -0.25) is 0 Å². The van der Waals surface area contributed by atoms with Crippen LogP contribution in [0.4, 0.5) is 0 Å². The number of carbonyl (C=O) groups excluding carboxylic acids is 2. The highest BCUT2D eigenvalue weighted by atomic mass is 16.5. The van der Waals surface area contributed by atoms with E-state index in [0.717, 1.165) is 19.3 Å². The summed E-state index contributed by atoms with van der Waals surface area (Å²) in [5.74, 6) is -0.757. The molecule has 4 nitrogen and oxygen atoms in total. The molecule has 0 spiro atoms. The first-order valence-corrected chi connectivity index (χ1v) is 18.8. The van der Waals surface area contributed by atoms with E-state index in [0.29, 0.717) is 12.0 Å². The van der Waals surface area contributed by atoms with Crippen LogP contribution in [0.25, 0.3) is 0 Å². The van der Waals surface area contributed by atoms with Crippen molar-refractivity contribution in [2.75, 3.05) is 13.2 Å². The predicted molar refractivity (Wildman–Crippen MR) is 208 cm³/mol. The lowest BCUT2D eigenvalue weighted by Gasteiger charge is -2.45. The van der Waals surface area contributed by atoms with Crippen molar-refractivity contribution < 1.29 is 19.1 Å². The third-order valence-electron chi connectivity index (χ3n) is 14.7.